The molecule has 2 aliphatic carbocycles. The molecule has 1 nitrogen and oxygen atoms in total. The summed E-state index contributed by atoms with van der Waals surface area (Å²) in [5.41, 5.74) is 3.55. The first-order valence-electron chi connectivity index (χ1n) is 8.40. The van der Waals surface area contributed by atoms with E-state index in [1.807, 2.05) is 0 Å². The lowest BCUT2D eigenvalue weighted by Gasteiger charge is -2.57. The Balaban J connectivity index is 1.72. The van der Waals surface area contributed by atoms with Gasteiger partial charge in [-0.3, -0.25) is 5.32 Å². The highest BCUT2D eigenvalue weighted by atomic mass is 15.1. The van der Waals surface area contributed by atoms with Gasteiger partial charge in [-0.05, 0) is 30.4 Å². The Labute approximate surface area is 122 Å². The first-order valence-corrected chi connectivity index (χ1v) is 8.40. The topological polar surface area (TPSA) is 12.0 Å². The van der Waals surface area contributed by atoms with Crippen molar-refractivity contribution in [1.29, 1.82) is 0 Å². The molecule has 5 rings (SSSR count). The lowest BCUT2D eigenvalue weighted by Crippen LogP contribution is -2.68. The summed E-state index contributed by atoms with van der Waals surface area (Å²) in [7, 11) is 0. The third kappa shape index (κ3) is 1.95. The van der Waals surface area contributed by atoms with Crippen LogP contribution in [-0.4, -0.2) is 5.54 Å². The monoisotopic (exact) mass is 267 g/mol. The summed E-state index contributed by atoms with van der Waals surface area (Å²) in [5.74, 6) is 0. The highest BCUT2D eigenvalue weighted by Crippen LogP contribution is 2.51. The van der Waals surface area contributed by atoms with E-state index in [0.29, 0.717) is 5.54 Å². The van der Waals surface area contributed by atoms with Crippen LogP contribution in [0.1, 0.15) is 68.9 Å². The average molecular weight is 267 g/mol. The normalized spacial score (nSPS) is 36.2. The maximum Gasteiger partial charge on any atom is 0.0468 e. The lowest BCUT2D eigenvalue weighted by atomic mass is 9.65. The Morgan fingerprint density at radius 3 is 2.40 bits per heavy atom. The molecular formula is C19H25N. The van der Waals surface area contributed by atoms with E-state index in [-0.39, 0.29) is 5.54 Å². The largest absolute Gasteiger partial charge is 0.298 e. The van der Waals surface area contributed by atoms with Crippen molar-refractivity contribution < 1.29 is 0 Å². The third-order valence-corrected chi connectivity index (χ3v) is 5.64. The van der Waals surface area contributed by atoms with Crippen LogP contribution in [-0.2, 0) is 5.54 Å². The molecule has 1 aromatic rings. The fourth-order valence-electron chi connectivity index (χ4n) is 4.68. The Morgan fingerprint density at radius 2 is 1.55 bits per heavy atom. The summed E-state index contributed by atoms with van der Waals surface area (Å²) in [6.45, 7) is 0. The molecule has 1 saturated carbocycles. The van der Waals surface area contributed by atoms with Gasteiger partial charge in [-0.1, -0.05) is 74.9 Å². The van der Waals surface area contributed by atoms with Gasteiger partial charge in [0.05, 0.1) is 0 Å². The number of hydrogen-bond acceptors (Lipinski definition) is 1. The molecule has 4 aliphatic rings. The van der Waals surface area contributed by atoms with Crippen LogP contribution in [0.4, 0.5) is 0 Å². The minimum Gasteiger partial charge on any atom is -0.298 e. The standard InChI is InChI=1S/C19H25N/c1-2-4-8-13-19-15-18(20-19,12-7-3-1)14-11-16-9-5-6-10-17(16)19/h5-6,9-11,14,20H,1-4,7-8,12-13,15H2. The quantitative estimate of drug-likeness (QED) is 0.713. The first-order chi connectivity index (χ1) is 9.82. The zero-order valence-corrected chi connectivity index (χ0v) is 12.3. The van der Waals surface area contributed by atoms with Gasteiger partial charge in [0.25, 0.3) is 0 Å². The summed E-state index contributed by atoms with van der Waals surface area (Å²) in [4.78, 5) is 0. The maximum atomic E-state index is 4.04. The van der Waals surface area contributed by atoms with Gasteiger partial charge >= 0.3 is 0 Å². The summed E-state index contributed by atoms with van der Waals surface area (Å²) >= 11 is 0. The van der Waals surface area contributed by atoms with Gasteiger partial charge in [0.1, 0.15) is 0 Å². The van der Waals surface area contributed by atoms with Gasteiger partial charge in [-0.15, -0.1) is 0 Å². The smallest absolute Gasteiger partial charge is 0.0468 e. The molecule has 2 unspecified atom stereocenters. The summed E-state index contributed by atoms with van der Waals surface area (Å²) in [6, 6.07) is 9.02. The second-order valence-electron chi connectivity index (χ2n) is 7.08. The van der Waals surface area contributed by atoms with Crippen LogP contribution >= 0.6 is 0 Å². The Morgan fingerprint density at radius 1 is 0.850 bits per heavy atom. The van der Waals surface area contributed by atoms with Crippen molar-refractivity contribution in [2.45, 2.75) is 68.9 Å². The lowest BCUT2D eigenvalue weighted by molar-refractivity contribution is 0.0595. The molecule has 2 heterocycles. The van der Waals surface area contributed by atoms with E-state index in [2.05, 4.69) is 41.7 Å². The molecule has 0 spiro atoms. The number of nitrogens with one attached hydrogen (secondary N) is 1. The summed E-state index contributed by atoms with van der Waals surface area (Å²) in [5, 5.41) is 4.04. The highest BCUT2D eigenvalue weighted by Gasteiger charge is 2.54. The average Bonchev–Trinajstić information content (AvgIpc) is 2.69. The predicted octanol–water partition coefficient (Wildman–Crippen LogP) is 4.78. The minimum absolute atomic E-state index is 0.268. The van der Waals surface area contributed by atoms with Crippen molar-refractivity contribution in [3.8, 4) is 0 Å². The molecule has 1 heteroatoms. The fourth-order valence-corrected chi connectivity index (χ4v) is 4.68. The van der Waals surface area contributed by atoms with E-state index < -0.39 is 0 Å². The van der Waals surface area contributed by atoms with E-state index >= 15 is 0 Å². The molecular weight excluding hydrogens is 242 g/mol. The van der Waals surface area contributed by atoms with Crippen molar-refractivity contribution in [1.82, 2.24) is 5.32 Å². The molecule has 0 amide bonds. The van der Waals surface area contributed by atoms with Crippen LogP contribution in [0.15, 0.2) is 30.3 Å². The van der Waals surface area contributed by atoms with Crippen molar-refractivity contribution >= 4 is 6.08 Å². The van der Waals surface area contributed by atoms with Crippen LogP contribution in [0.2, 0.25) is 0 Å². The van der Waals surface area contributed by atoms with E-state index in [4.69, 9.17) is 0 Å². The van der Waals surface area contributed by atoms with Crippen LogP contribution in [0.5, 0.6) is 0 Å². The van der Waals surface area contributed by atoms with Crippen molar-refractivity contribution in [2.75, 3.05) is 0 Å². The van der Waals surface area contributed by atoms with Crippen LogP contribution in [0.25, 0.3) is 6.08 Å². The van der Waals surface area contributed by atoms with Crippen molar-refractivity contribution in [3.05, 3.63) is 41.5 Å². The van der Waals surface area contributed by atoms with Crippen LogP contribution in [0, 0.1) is 0 Å². The van der Waals surface area contributed by atoms with Gasteiger partial charge in [0, 0.05) is 11.1 Å². The molecule has 2 atom stereocenters. The van der Waals surface area contributed by atoms with Gasteiger partial charge in [-0.25, -0.2) is 0 Å². The Kier molecular flexibility index (Phi) is 2.99. The van der Waals surface area contributed by atoms with Gasteiger partial charge < -0.3 is 0 Å². The molecule has 2 bridgehead atoms. The van der Waals surface area contributed by atoms with Gasteiger partial charge in [0.15, 0.2) is 0 Å². The predicted molar refractivity (Wildman–Crippen MR) is 84.6 cm³/mol. The minimum atomic E-state index is 0.268. The summed E-state index contributed by atoms with van der Waals surface area (Å²) in [6.07, 6.45) is 17.2. The second-order valence-corrected chi connectivity index (χ2v) is 7.08. The first kappa shape index (κ1) is 12.6. The van der Waals surface area contributed by atoms with Crippen LogP contribution in [0.3, 0.4) is 0 Å². The molecule has 1 saturated heterocycles. The van der Waals surface area contributed by atoms with Gasteiger partial charge in [-0.2, -0.15) is 0 Å². The molecule has 2 aliphatic heterocycles. The van der Waals surface area contributed by atoms with E-state index in [1.165, 1.54) is 63.4 Å². The third-order valence-electron chi connectivity index (χ3n) is 5.64. The van der Waals surface area contributed by atoms with E-state index in [1.54, 1.807) is 5.56 Å². The Bertz CT molecular complexity index is 522. The highest BCUT2D eigenvalue weighted by molar-refractivity contribution is 5.62. The van der Waals surface area contributed by atoms with E-state index in [9.17, 15) is 0 Å². The zero-order valence-electron chi connectivity index (χ0n) is 12.3. The molecule has 106 valence electrons. The molecule has 1 N–H and O–H groups in total. The number of benzene rings is 1. The molecule has 20 heavy (non-hydrogen) atoms. The maximum absolute atomic E-state index is 4.04. The summed E-state index contributed by atoms with van der Waals surface area (Å²) < 4.78 is 0. The van der Waals surface area contributed by atoms with Crippen molar-refractivity contribution in [2.24, 2.45) is 0 Å². The molecule has 2 fully saturated rings. The number of hydrogen-bond donors (Lipinski definition) is 1. The zero-order chi connectivity index (χ0) is 13.5. The molecule has 1 aromatic carbocycles. The fraction of sp³-hybridized carbons (Fsp3) is 0.579. The van der Waals surface area contributed by atoms with Crippen molar-refractivity contribution in [3.63, 3.8) is 0 Å². The number of rotatable bonds is 0. The van der Waals surface area contributed by atoms with Crippen LogP contribution < -0.4 is 5.32 Å². The molecule has 0 radical (unpaired) electrons. The SMILES string of the molecule is C1=CC23CCCCCCCCC(C2)(N3)c2ccccc21. The molecule has 0 aromatic heterocycles. The Hall–Kier alpha value is -1.08. The second kappa shape index (κ2) is 4.73. The van der Waals surface area contributed by atoms with E-state index in [0.717, 1.165) is 0 Å². The van der Waals surface area contributed by atoms with Gasteiger partial charge in [0.2, 0.25) is 0 Å².